The molecule has 0 saturated carbocycles. The molecule has 0 aromatic heterocycles. The van der Waals surface area contributed by atoms with E-state index in [2.05, 4.69) is 0 Å². The highest BCUT2D eigenvalue weighted by atomic mass is 16.4. The highest BCUT2D eigenvalue weighted by Gasteiger charge is 2.06. The Morgan fingerprint density at radius 3 is 0.963 bits per heavy atom. The Labute approximate surface area is 163 Å². The Bertz CT molecular complexity index is 568. The summed E-state index contributed by atoms with van der Waals surface area (Å²) < 4.78 is 0. The van der Waals surface area contributed by atoms with Crippen LogP contribution >= 0.6 is 0 Å². The van der Waals surface area contributed by atoms with Crippen molar-refractivity contribution in [1.29, 1.82) is 0 Å². The van der Waals surface area contributed by atoms with Gasteiger partial charge in [0.05, 0.1) is 0 Å². The van der Waals surface area contributed by atoms with Crippen LogP contribution in [0, 0.1) is 0 Å². The van der Waals surface area contributed by atoms with E-state index in [1.54, 1.807) is 24.3 Å². The molecule has 0 unspecified atom stereocenters. The number of hydrogen-bond donors (Lipinski definition) is 4. The number of benzene rings is 2. The first kappa shape index (κ1) is 35.2. The first-order valence-corrected chi connectivity index (χ1v) is 7.46. The second-order valence-corrected chi connectivity index (χ2v) is 3.64. The molecular weight excluding hydrogens is 348 g/mol. The lowest BCUT2D eigenvalue weighted by molar-refractivity contribution is 0.0682. The number of carboxylic acids is 2. The molecule has 0 saturated heterocycles. The van der Waals surface area contributed by atoms with E-state index in [0.29, 0.717) is 0 Å². The molecule has 0 heterocycles. The Kier molecular flexibility index (Phi) is 27.4. The molecule has 0 radical (unpaired) electrons. The predicted octanol–water partition coefficient (Wildman–Crippen LogP) is 6.14. The van der Waals surface area contributed by atoms with E-state index >= 15 is 0 Å². The standard InChI is InChI=1S/2C7H6O3.2C2H6.3CH4/c2*8-6-4-2-1-3-5(6)7(9)10;2*1-2;;;/h2*1-4,8H,(H,9,10);2*1-2H3;3*1H4. The molecule has 0 aliphatic rings. The molecule has 0 spiro atoms. The smallest absolute Gasteiger partial charge is 0.339 e. The van der Waals surface area contributed by atoms with Gasteiger partial charge in [-0.05, 0) is 24.3 Å². The predicted molar refractivity (Wildman–Crippen MR) is 113 cm³/mol. The molecule has 2 aromatic rings. The van der Waals surface area contributed by atoms with E-state index in [0.717, 1.165) is 0 Å². The van der Waals surface area contributed by atoms with E-state index in [9.17, 15) is 9.59 Å². The third-order valence-electron chi connectivity index (χ3n) is 2.27. The van der Waals surface area contributed by atoms with Gasteiger partial charge in [0.2, 0.25) is 0 Å². The summed E-state index contributed by atoms with van der Waals surface area (Å²) in [7, 11) is 0. The molecule has 0 atom stereocenters. The van der Waals surface area contributed by atoms with Gasteiger partial charge in [-0.3, -0.25) is 0 Å². The van der Waals surface area contributed by atoms with Crippen LogP contribution in [0.4, 0.5) is 0 Å². The van der Waals surface area contributed by atoms with Crippen molar-refractivity contribution in [2.75, 3.05) is 0 Å². The largest absolute Gasteiger partial charge is 0.507 e. The van der Waals surface area contributed by atoms with E-state index in [-0.39, 0.29) is 44.9 Å². The Balaban J connectivity index is -0.0000000921. The quantitative estimate of drug-likeness (QED) is 0.494. The first-order valence-electron chi connectivity index (χ1n) is 7.46. The molecule has 0 aliphatic carbocycles. The summed E-state index contributed by atoms with van der Waals surface area (Å²) in [6, 6.07) is 11.6. The Hall–Kier alpha value is -3.02. The van der Waals surface area contributed by atoms with Gasteiger partial charge in [0.1, 0.15) is 22.6 Å². The lowest BCUT2D eigenvalue weighted by Crippen LogP contribution is -1.95. The number of carbonyl (C=O) groups is 2. The fourth-order valence-corrected chi connectivity index (χ4v) is 1.31. The van der Waals surface area contributed by atoms with Crippen LogP contribution in [0.2, 0.25) is 0 Å². The zero-order valence-corrected chi connectivity index (χ0v) is 14.2. The lowest BCUT2D eigenvalue weighted by Gasteiger charge is -1.95. The maximum absolute atomic E-state index is 10.3. The number of hydrogen-bond acceptors (Lipinski definition) is 4. The summed E-state index contributed by atoms with van der Waals surface area (Å²) in [5.74, 6) is -2.62. The number of rotatable bonds is 2. The highest BCUT2D eigenvalue weighted by molar-refractivity contribution is 5.91. The number of aromatic carboxylic acids is 2. The summed E-state index contributed by atoms with van der Waals surface area (Å²) in [6.07, 6.45) is 0. The molecule has 27 heavy (non-hydrogen) atoms. The van der Waals surface area contributed by atoms with E-state index in [4.69, 9.17) is 20.4 Å². The van der Waals surface area contributed by atoms with Gasteiger partial charge in [0, 0.05) is 0 Å². The number of para-hydroxylation sites is 2. The molecule has 0 aliphatic heterocycles. The van der Waals surface area contributed by atoms with Crippen LogP contribution in [0.5, 0.6) is 11.5 Å². The van der Waals surface area contributed by atoms with Gasteiger partial charge in [0.25, 0.3) is 0 Å². The van der Waals surface area contributed by atoms with E-state index in [1.807, 2.05) is 27.7 Å². The summed E-state index contributed by atoms with van der Waals surface area (Å²) in [4.78, 5) is 20.5. The first-order chi connectivity index (χ1) is 11.4. The van der Waals surface area contributed by atoms with Crippen LogP contribution < -0.4 is 0 Å². The summed E-state index contributed by atoms with van der Waals surface area (Å²) in [5, 5.41) is 34.6. The number of phenols is 2. The van der Waals surface area contributed by atoms with Gasteiger partial charge in [-0.2, -0.15) is 0 Å². The minimum Gasteiger partial charge on any atom is -0.507 e. The highest BCUT2D eigenvalue weighted by Crippen LogP contribution is 2.15. The van der Waals surface area contributed by atoms with Crippen molar-refractivity contribution < 1.29 is 30.0 Å². The molecule has 2 rings (SSSR count). The minimum atomic E-state index is -1.11. The second-order valence-electron chi connectivity index (χ2n) is 3.64. The Morgan fingerprint density at radius 1 is 0.593 bits per heavy atom. The second kappa shape index (κ2) is 21.0. The molecule has 0 amide bonds. The molecule has 0 bridgehead atoms. The molecule has 4 N–H and O–H groups in total. The van der Waals surface area contributed by atoms with Gasteiger partial charge in [-0.1, -0.05) is 74.2 Å². The van der Waals surface area contributed by atoms with E-state index < -0.39 is 11.9 Å². The SMILES string of the molecule is C.C.C.CC.CC.O=C(O)c1ccccc1O.O=C(O)c1ccccc1O. The fourth-order valence-electron chi connectivity index (χ4n) is 1.31. The van der Waals surface area contributed by atoms with E-state index in [1.165, 1.54) is 24.3 Å². The van der Waals surface area contributed by atoms with Crippen molar-refractivity contribution in [3.63, 3.8) is 0 Å². The van der Waals surface area contributed by atoms with Gasteiger partial charge >= 0.3 is 11.9 Å². The zero-order chi connectivity index (χ0) is 19.1. The van der Waals surface area contributed by atoms with Gasteiger partial charge in [0.15, 0.2) is 0 Å². The average molecular weight is 385 g/mol. The van der Waals surface area contributed by atoms with Crippen molar-refractivity contribution >= 4 is 11.9 Å². The molecule has 0 fully saturated rings. The third-order valence-corrected chi connectivity index (χ3v) is 2.27. The van der Waals surface area contributed by atoms with Gasteiger partial charge in [-0.25, -0.2) is 9.59 Å². The number of carboxylic acid groups (broad SMARTS) is 2. The zero-order valence-electron chi connectivity index (χ0n) is 14.2. The maximum Gasteiger partial charge on any atom is 0.339 e. The summed E-state index contributed by atoms with van der Waals surface area (Å²) >= 11 is 0. The van der Waals surface area contributed by atoms with Crippen molar-refractivity contribution in [1.82, 2.24) is 0 Å². The average Bonchev–Trinajstić information content (AvgIpc) is 2.59. The van der Waals surface area contributed by atoms with Gasteiger partial charge < -0.3 is 20.4 Å². The number of aromatic hydroxyl groups is 2. The molecule has 156 valence electrons. The monoisotopic (exact) mass is 384 g/mol. The van der Waals surface area contributed by atoms with Crippen molar-refractivity contribution in [3.8, 4) is 11.5 Å². The van der Waals surface area contributed by atoms with Crippen molar-refractivity contribution in [2.24, 2.45) is 0 Å². The lowest BCUT2D eigenvalue weighted by atomic mass is 10.2. The van der Waals surface area contributed by atoms with Crippen LogP contribution in [0.25, 0.3) is 0 Å². The van der Waals surface area contributed by atoms with Crippen LogP contribution in [0.3, 0.4) is 0 Å². The molecule has 6 nitrogen and oxygen atoms in total. The van der Waals surface area contributed by atoms with Crippen LogP contribution in [-0.2, 0) is 0 Å². The summed E-state index contributed by atoms with van der Waals surface area (Å²) in [6.45, 7) is 8.00. The molecular formula is C21H36O6. The summed E-state index contributed by atoms with van der Waals surface area (Å²) in [5.41, 5.74) is -0.134. The van der Waals surface area contributed by atoms with Crippen LogP contribution in [0.1, 0.15) is 70.7 Å². The Morgan fingerprint density at radius 2 is 0.815 bits per heavy atom. The third kappa shape index (κ3) is 13.9. The van der Waals surface area contributed by atoms with Crippen molar-refractivity contribution in [2.45, 2.75) is 50.0 Å². The normalized spacial score (nSPS) is 7.26. The van der Waals surface area contributed by atoms with Gasteiger partial charge in [-0.15, -0.1) is 0 Å². The van der Waals surface area contributed by atoms with Crippen LogP contribution in [-0.4, -0.2) is 32.4 Å². The van der Waals surface area contributed by atoms with Crippen molar-refractivity contribution in [3.05, 3.63) is 59.7 Å². The minimum absolute atomic E-state index is 0. The maximum atomic E-state index is 10.3. The fraction of sp³-hybridized carbons (Fsp3) is 0.333. The topological polar surface area (TPSA) is 115 Å². The van der Waals surface area contributed by atoms with Crippen LogP contribution in [0.15, 0.2) is 48.5 Å². The molecule has 6 heteroatoms. The molecule has 2 aromatic carbocycles.